The molecule has 0 heterocycles. The molecular formula is C9H9I3O5S. The van der Waals surface area contributed by atoms with E-state index in [1.165, 1.54) is 0 Å². The van der Waals surface area contributed by atoms with Crippen molar-refractivity contribution in [2.45, 2.75) is 4.90 Å². The van der Waals surface area contributed by atoms with Crippen molar-refractivity contribution < 1.29 is 22.4 Å². The maximum Gasteiger partial charge on any atom is 0.296 e. The third-order valence-corrected chi connectivity index (χ3v) is 6.23. The summed E-state index contributed by atoms with van der Waals surface area (Å²) in [4.78, 5) is -0.114. The van der Waals surface area contributed by atoms with Gasteiger partial charge < -0.3 is 9.47 Å². The molecule has 0 saturated carbocycles. The van der Waals surface area contributed by atoms with Gasteiger partial charge in [0, 0.05) is 10.7 Å². The lowest BCUT2D eigenvalue weighted by Crippen LogP contribution is -2.10. The lowest BCUT2D eigenvalue weighted by Gasteiger charge is -2.13. The monoisotopic (exact) mass is 610 g/mol. The Morgan fingerprint density at radius 3 is 2.33 bits per heavy atom. The molecule has 0 unspecified atom stereocenters. The zero-order valence-electron chi connectivity index (χ0n) is 9.11. The summed E-state index contributed by atoms with van der Waals surface area (Å²) in [5.74, 6) is 0.446. The first kappa shape index (κ1) is 17.1. The highest BCUT2D eigenvalue weighted by Crippen LogP contribution is 2.35. The molecule has 1 aromatic rings. The number of hydrogen-bond acceptors (Lipinski definition) is 4. The maximum atomic E-state index is 11.3. The van der Waals surface area contributed by atoms with Crippen molar-refractivity contribution in [2.24, 2.45) is 0 Å². The smallest absolute Gasteiger partial charge is 0.296 e. The van der Waals surface area contributed by atoms with Gasteiger partial charge >= 0.3 is 0 Å². The summed E-state index contributed by atoms with van der Waals surface area (Å²) < 4.78 is 43.8. The van der Waals surface area contributed by atoms with Crippen LogP contribution in [0.1, 0.15) is 0 Å². The Hall–Kier alpha value is 1.08. The van der Waals surface area contributed by atoms with Gasteiger partial charge in [-0.2, -0.15) is 8.42 Å². The standard InChI is InChI=1S/C9H9I3O5S/c1-16-2-3-17-8-5(10)4-6(11)9(7(8)12)18(13,14)15/h4H,2-3H2,1H3,(H,13,14,15). The van der Waals surface area contributed by atoms with Crippen LogP contribution >= 0.6 is 67.8 Å². The second-order valence-electron chi connectivity index (χ2n) is 3.13. The summed E-state index contributed by atoms with van der Waals surface area (Å²) in [6.07, 6.45) is 0. The molecule has 1 aromatic carbocycles. The zero-order valence-corrected chi connectivity index (χ0v) is 16.4. The first-order chi connectivity index (χ1) is 8.29. The lowest BCUT2D eigenvalue weighted by atomic mass is 10.3. The van der Waals surface area contributed by atoms with Crippen molar-refractivity contribution in [1.82, 2.24) is 0 Å². The van der Waals surface area contributed by atoms with E-state index in [-0.39, 0.29) is 4.90 Å². The van der Waals surface area contributed by atoms with E-state index < -0.39 is 10.1 Å². The molecule has 0 aliphatic heterocycles. The fourth-order valence-corrected chi connectivity index (χ4v) is 7.13. The van der Waals surface area contributed by atoms with Gasteiger partial charge in [-0.05, 0) is 73.8 Å². The van der Waals surface area contributed by atoms with Gasteiger partial charge in [-0.3, -0.25) is 4.55 Å². The number of methoxy groups -OCH3 is 1. The van der Waals surface area contributed by atoms with Gasteiger partial charge in [0.1, 0.15) is 17.3 Å². The number of ether oxygens (including phenoxy) is 2. The topological polar surface area (TPSA) is 72.8 Å². The Balaban J connectivity index is 3.28. The molecule has 1 rings (SSSR count). The van der Waals surface area contributed by atoms with Crippen LogP contribution in [0.3, 0.4) is 0 Å². The zero-order chi connectivity index (χ0) is 13.9. The molecule has 0 atom stereocenters. The molecule has 0 radical (unpaired) electrons. The van der Waals surface area contributed by atoms with Crippen LogP contribution in [0.15, 0.2) is 11.0 Å². The largest absolute Gasteiger partial charge is 0.489 e. The van der Waals surface area contributed by atoms with Crippen LogP contribution in [-0.2, 0) is 14.9 Å². The first-order valence-corrected chi connectivity index (χ1v) is 9.23. The van der Waals surface area contributed by atoms with Crippen molar-refractivity contribution in [3.05, 3.63) is 16.8 Å². The van der Waals surface area contributed by atoms with Gasteiger partial charge in [-0.25, -0.2) is 0 Å². The van der Waals surface area contributed by atoms with Crippen LogP contribution in [0, 0.1) is 10.7 Å². The van der Waals surface area contributed by atoms with Crippen molar-refractivity contribution in [3.63, 3.8) is 0 Å². The third kappa shape index (κ3) is 4.29. The first-order valence-electron chi connectivity index (χ1n) is 4.55. The van der Waals surface area contributed by atoms with E-state index in [0.29, 0.717) is 26.1 Å². The van der Waals surface area contributed by atoms with Crippen molar-refractivity contribution in [2.75, 3.05) is 20.3 Å². The summed E-state index contributed by atoms with van der Waals surface area (Å²) in [5.41, 5.74) is 0. The van der Waals surface area contributed by atoms with Crippen molar-refractivity contribution >= 4 is 77.9 Å². The second-order valence-corrected chi connectivity index (χ2v) is 7.89. The van der Waals surface area contributed by atoms with E-state index in [4.69, 9.17) is 9.47 Å². The van der Waals surface area contributed by atoms with Gasteiger partial charge in [0.2, 0.25) is 0 Å². The van der Waals surface area contributed by atoms with Crippen LogP contribution < -0.4 is 4.74 Å². The van der Waals surface area contributed by atoms with Gasteiger partial charge in [0.05, 0.1) is 13.7 Å². The van der Waals surface area contributed by atoms with Crippen molar-refractivity contribution in [1.29, 1.82) is 0 Å². The molecule has 0 fully saturated rings. The van der Waals surface area contributed by atoms with Gasteiger partial charge in [0.15, 0.2) is 0 Å². The molecule has 5 nitrogen and oxygen atoms in total. The summed E-state index contributed by atoms with van der Waals surface area (Å²) in [6, 6.07) is 1.65. The minimum Gasteiger partial charge on any atom is -0.489 e. The minimum absolute atomic E-state index is 0.114. The third-order valence-electron chi connectivity index (χ3n) is 1.88. The molecule has 0 spiro atoms. The fourth-order valence-electron chi connectivity index (χ4n) is 1.15. The Kier molecular flexibility index (Phi) is 6.85. The van der Waals surface area contributed by atoms with Gasteiger partial charge in [-0.1, -0.05) is 0 Å². The highest BCUT2D eigenvalue weighted by molar-refractivity contribution is 14.1. The molecule has 1 N–H and O–H groups in total. The van der Waals surface area contributed by atoms with E-state index in [0.717, 1.165) is 3.57 Å². The average molecular weight is 610 g/mol. The average Bonchev–Trinajstić information content (AvgIpc) is 2.20. The van der Waals surface area contributed by atoms with Crippen LogP contribution in [0.5, 0.6) is 5.75 Å². The van der Waals surface area contributed by atoms with E-state index >= 15 is 0 Å². The van der Waals surface area contributed by atoms with Crippen LogP contribution in [-0.4, -0.2) is 33.3 Å². The molecule has 0 amide bonds. The second kappa shape index (κ2) is 7.19. The molecule has 0 aliphatic carbocycles. The normalized spacial score (nSPS) is 11.6. The van der Waals surface area contributed by atoms with Crippen LogP contribution in [0.2, 0.25) is 0 Å². The van der Waals surface area contributed by atoms with E-state index in [1.807, 2.05) is 45.2 Å². The quantitative estimate of drug-likeness (QED) is 0.316. The van der Waals surface area contributed by atoms with Crippen molar-refractivity contribution in [3.8, 4) is 5.75 Å². The Labute approximate surface area is 146 Å². The van der Waals surface area contributed by atoms with Gasteiger partial charge in [0.25, 0.3) is 10.1 Å². The Bertz CT molecular complexity index is 544. The predicted molar refractivity (Wildman–Crippen MR) is 91.8 cm³/mol. The van der Waals surface area contributed by atoms with Crippen LogP contribution in [0.25, 0.3) is 0 Å². The summed E-state index contributed by atoms with van der Waals surface area (Å²) >= 11 is 5.78. The fraction of sp³-hybridized carbons (Fsp3) is 0.333. The predicted octanol–water partition coefficient (Wildman–Crippen LogP) is 2.77. The Morgan fingerprint density at radius 2 is 1.83 bits per heavy atom. The molecular weight excluding hydrogens is 601 g/mol. The number of rotatable bonds is 5. The summed E-state index contributed by atoms with van der Waals surface area (Å²) in [7, 11) is -2.71. The molecule has 102 valence electrons. The van der Waals surface area contributed by atoms with E-state index in [1.54, 1.807) is 13.2 Å². The molecule has 18 heavy (non-hydrogen) atoms. The molecule has 0 bridgehead atoms. The number of hydrogen-bond donors (Lipinski definition) is 1. The summed E-state index contributed by atoms with van der Waals surface area (Å²) in [6.45, 7) is 0.716. The molecule has 0 saturated heterocycles. The Morgan fingerprint density at radius 1 is 1.22 bits per heavy atom. The van der Waals surface area contributed by atoms with Crippen LogP contribution in [0.4, 0.5) is 0 Å². The highest BCUT2D eigenvalue weighted by Gasteiger charge is 2.23. The van der Waals surface area contributed by atoms with E-state index in [2.05, 4.69) is 22.6 Å². The van der Waals surface area contributed by atoms with Gasteiger partial charge in [-0.15, -0.1) is 0 Å². The minimum atomic E-state index is -4.26. The summed E-state index contributed by atoms with van der Waals surface area (Å²) in [5, 5.41) is 0. The number of halogens is 3. The molecule has 9 heteroatoms. The molecule has 0 aliphatic rings. The maximum absolute atomic E-state index is 11.3. The molecule has 0 aromatic heterocycles. The number of benzene rings is 1. The van der Waals surface area contributed by atoms with E-state index in [9.17, 15) is 13.0 Å². The SMILES string of the molecule is COCCOc1c(I)cc(I)c(S(=O)(=O)O)c1I. The lowest BCUT2D eigenvalue weighted by molar-refractivity contribution is 0.145. The highest BCUT2D eigenvalue weighted by atomic mass is 127.